The summed E-state index contributed by atoms with van der Waals surface area (Å²) >= 11 is 0. The topological polar surface area (TPSA) is 55.1 Å². The van der Waals surface area contributed by atoms with Crippen molar-refractivity contribution in [3.63, 3.8) is 0 Å². The number of nitrogens with zero attached hydrogens (tertiary/aromatic N) is 2. The van der Waals surface area contributed by atoms with Crippen LogP contribution >= 0.6 is 0 Å². The number of benzene rings is 2. The van der Waals surface area contributed by atoms with E-state index in [1.54, 1.807) is 18.2 Å². The molecule has 0 aliphatic rings. The molecule has 4 nitrogen and oxygen atoms in total. The van der Waals surface area contributed by atoms with Crippen LogP contribution in [0.25, 0.3) is 16.7 Å². The van der Waals surface area contributed by atoms with Crippen molar-refractivity contribution < 1.29 is 14.3 Å². The van der Waals surface area contributed by atoms with Gasteiger partial charge in [-0.3, -0.25) is 4.57 Å². The van der Waals surface area contributed by atoms with E-state index in [9.17, 15) is 9.18 Å². The van der Waals surface area contributed by atoms with Gasteiger partial charge in [-0.1, -0.05) is 13.0 Å². The number of hydrogen-bond acceptors (Lipinski definition) is 2. The number of aryl methyl sites for hydroxylation is 1. The van der Waals surface area contributed by atoms with E-state index in [0.717, 1.165) is 11.3 Å². The fraction of sp³-hybridized carbons (Fsp3) is 0.125. The van der Waals surface area contributed by atoms with Gasteiger partial charge in [-0.2, -0.15) is 0 Å². The van der Waals surface area contributed by atoms with Crippen LogP contribution in [-0.2, 0) is 6.42 Å². The third kappa shape index (κ3) is 2.27. The summed E-state index contributed by atoms with van der Waals surface area (Å²) in [5.74, 6) is -0.549. The van der Waals surface area contributed by atoms with Gasteiger partial charge in [0.15, 0.2) is 0 Å². The maximum Gasteiger partial charge on any atom is 0.335 e. The first-order chi connectivity index (χ1) is 10.1. The normalized spacial score (nSPS) is 11.0. The summed E-state index contributed by atoms with van der Waals surface area (Å²) in [6.45, 7) is 1.95. The lowest BCUT2D eigenvalue weighted by Gasteiger charge is -2.08. The van der Waals surface area contributed by atoms with E-state index >= 15 is 0 Å². The Kier molecular flexibility index (Phi) is 3.17. The van der Waals surface area contributed by atoms with Gasteiger partial charge in [0.25, 0.3) is 0 Å². The van der Waals surface area contributed by atoms with Crippen LogP contribution in [0, 0.1) is 5.82 Å². The van der Waals surface area contributed by atoms with E-state index in [1.165, 1.54) is 24.3 Å². The van der Waals surface area contributed by atoms with Gasteiger partial charge in [-0.05, 0) is 36.4 Å². The molecule has 0 bridgehead atoms. The van der Waals surface area contributed by atoms with Gasteiger partial charge in [-0.25, -0.2) is 14.2 Å². The lowest BCUT2D eigenvalue weighted by atomic mass is 10.2. The molecule has 1 heterocycles. The van der Waals surface area contributed by atoms with E-state index in [-0.39, 0.29) is 11.4 Å². The Morgan fingerprint density at radius 2 is 2.10 bits per heavy atom. The van der Waals surface area contributed by atoms with Crippen molar-refractivity contribution >= 4 is 17.0 Å². The molecule has 1 aromatic heterocycles. The van der Waals surface area contributed by atoms with E-state index in [0.29, 0.717) is 17.6 Å². The number of aromatic nitrogens is 2. The van der Waals surface area contributed by atoms with E-state index in [1.807, 2.05) is 11.5 Å². The number of carboxylic acid groups (broad SMARTS) is 1. The molecule has 0 unspecified atom stereocenters. The predicted octanol–water partition coefficient (Wildman–Crippen LogP) is 3.43. The van der Waals surface area contributed by atoms with Gasteiger partial charge in [0.2, 0.25) is 0 Å². The number of carbonyl (C=O) groups is 1. The fourth-order valence-electron chi connectivity index (χ4n) is 2.40. The number of aromatic carboxylic acids is 1. The predicted molar refractivity (Wildman–Crippen MR) is 77.4 cm³/mol. The molecule has 0 radical (unpaired) electrons. The first-order valence-corrected chi connectivity index (χ1v) is 6.60. The highest BCUT2D eigenvalue weighted by Crippen LogP contribution is 2.23. The van der Waals surface area contributed by atoms with Crippen LogP contribution in [0.4, 0.5) is 4.39 Å². The summed E-state index contributed by atoms with van der Waals surface area (Å²) in [5, 5.41) is 9.05. The first-order valence-electron chi connectivity index (χ1n) is 6.60. The molecular weight excluding hydrogens is 271 g/mol. The quantitative estimate of drug-likeness (QED) is 0.801. The molecule has 0 fully saturated rings. The van der Waals surface area contributed by atoms with Gasteiger partial charge in [0, 0.05) is 6.42 Å². The van der Waals surface area contributed by atoms with Crippen molar-refractivity contribution in [1.29, 1.82) is 0 Å². The Labute approximate surface area is 120 Å². The molecule has 3 aromatic rings. The second kappa shape index (κ2) is 5.01. The van der Waals surface area contributed by atoms with Crippen molar-refractivity contribution in [3.05, 3.63) is 59.7 Å². The Morgan fingerprint density at radius 1 is 1.29 bits per heavy atom. The number of rotatable bonds is 3. The lowest BCUT2D eigenvalue weighted by molar-refractivity contribution is 0.0697. The summed E-state index contributed by atoms with van der Waals surface area (Å²) in [4.78, 5) is 15.5. The third-order valence-corrected chi connectivity index (χ3v) is 3.35. The summed E-state index contributed by atoms with van der Waals surface area (Å²) in [5.41, 5.74) is 2.23. The number of hydrogen-bond donors (Lipinski definition) is 1. The van der Waals surface area contributed by atoms with Crippen molar-refractivity contribution in [1.82, 2.24) is 9.55 Å². The molecule has 0 saturated heterocycles. The molecule has 0 aliphatic carbocycles. The van der Waals surface area contributed by atoms with Crippen LogP contribution in [0.1, 0.15) is 23.1 Å². The largest absolute Gasteiger partial charge is 0.478 e. The maximum atomic E-state index is 13.5. The monoisotopic (exact) mass is 284 g/mol. The molecule has 0 spiro atoms. The average Bonchev–Trinajstić information content (AvgIpc) is 2.84. The highest BCUT2D eigenvalue weighted by Gasteiger charge is 2.13. The van der Waals surface area contributed by atoms with E-state index in [4.69, 9.17) is 5.11 Å². The van der Waals surface area contributed by atoms with E-state index < -0.39 is 5.97 Å². The summed E-state index contributed by atoms with van der Waals surface area (Å²) in [6, 6.07) is 11.0. The van der Waals surface area contributed by atoms with Crippen LogP contribution in [0.15, 0.2) is 42.5 Å². The minimum absolute atomic E-state index is 0.189. The zero-order valence-corrected chi connectivity index (χ0v) is 11.4. The maximum absolute atomic E-state index is 13.5. The standard InChI is InChI=1S/C16H13FN2O2/c1-2-15-18-13-8-10(16(20)21)6-7-14(13)19(15)12-5-3-4-11(17)9-12/h3-9H,2H2,1H3,(H,20,21). The summed E-state index contributed by atoms with van der Waals surface area (Å²) in [6.07, 6.45) is 0.660. The SMILES string of the molecule is CCc1nc2cc(C(=O)O)ccc2n1-c1cccc(F)c1. The van der Waals surface area contributed by atoms with Crippen LogP contribution in [0.2, 0.25) is 0 Å². The highest BCUT2D eigenvalue weighted by atomic mass is 19.1. The molecule has 21 heavy (non-hydrogen) atoms. The van der Waals surface area contributed by atoms with Gasteiger partial charge in [0.05, 0.1) is 22.3 Å². The molecular formula is C16H13FN2O2. The Balaban J connectivity index is 2.28. The molecule has 2 aromatic carbocycles. The first kappa shape index (κ1) is 13.3. The van der Waals surface area contributed by atoms with Crippen LogP contribution in [-0.4, -0.2) is 20.6 Å². The molecule has 0 atom stereocenters. The number of carboxylic acids is 1. The van der Waals surface area contributed by atoms with Crippen LogP contribution < -0.4 is 0 Å². The molecule has 0 aliphatic heterocycles. The number of halogens is 1. The average molecular weight is 284 g/mol. The summed E-state index contributed by atoms with van der Waals surface area (Å²) < 4.78 is 15.3. The molecule has 0 saturated carbocycles. The Morgan fingerprint density at radius 3 is 2.76 bits per heavy atom. The van der Waals surface area contributed by atoms with Crippen LogP contribution in [0.3, 0.4) is 0 Å². The lowest BCUT2D eigenvalue weighted by Crippen LogP contribution is -2.00. The zero-order valence-electron chi connectivity index (χ0n) is 11.4. The van der Waals surface area contributed by atoms with Crippen molar-refractivity contribution in [2.75, 3.05) is 0 Å². The van der Waals surface area contributed by atoms with Gasteiger partial charge in [0.1, 0.15) is 11.6 Å². The second-order valence-electron chi connectivity index (χ2n) is 4.71. The number of fused-ring (bicyclic) bond motifs is 1. The molecule has 106 valence electrons. The van der Waals surface area contributed by atoms with Crippen molar-refractivity contribution in [2.45, 2.75) is 13.3 Å². The summed E-state index contributed by atoms with van der Waals surface area (Å²) in [7, 11) is 0. The smallest absolute Gasteiger partial charge is 0.335 e. The minimum Gasteiger partial charge on any atom is -0.478 e. The van der Waals surface area contributed by atoms with Gasteiger partial charge >= 0.3 is 5.97 Å². The van der Waals surface area contributed by atoms with Crippen molar-refractivity contribution in [2.24, 2.45) is 0 Å². The Bertz CT molecular complexity index is 839. The Hall–Kier alpha value is -2.69. The highest BCUT2D eigenvalue weighted by molar-refractivity contribution is 5.92. The zero-order chi connectivity index (χ0) is 15.0. The second-order valence-corrected chi connectivity index (χ2v) is 4.71. The van der Waals surface area contributed by atoms with Gasteiger partial charge < -0.3 is 5.11 Å². The molecule has 0 amide bonds. The van der Waals surface area contributed by atoms with Crippen LogP contribution in [0.5, 0.6) is 0 Å². The number of imidazole rings is 1. The molecule has 3 rings (SSSR count). The minimum atomic E-state index is -0.991. The molecule has 1 N–H and O–H groups in total. The molecule has 5 heteroatoms. The van der Waals surface area contributed by atoms with Gasteiger partial charge in [-0.15, -0.1) is 0 Å². The van der Waals surface area contributed by atoms with E-state index in [2.05, 4.69) is 4.98 Å². The fourth-order valence-corrected chi connectivity index (χ4v) is 2.40. The van der Waals surface area contributed by atoms with Crippen molar-refractivity contribution in [3.8, 4) is 5.69 Å². The third-order valence-electron chi connectivity index (χ3n) is 3.35.